The highest BCUT2D eigenvalue weighted by molar-refractivity contribution is 7.99. The van der Waals surface area contributed by atoms with Crippen molar-refractivity contribution in [2.75, 3.05) is 24.6 Å². The minimum atomic E-state index is -0.00412. The summed E-state index contributed by atoms with van der Waals surface area (Å²) < 4.78 is 5.48. The van der Waals surface area contributed by atoms with Gasteiger partial charge in [0.2, 0.25) is 0 Å². The summed E-state index contributed by atoms with van der Waals surface area (Å²) in [6, 6.07) is 3.81. The van der Waals surface area contributed by atoms with Crippen molar-refractivity contribution >= 4 is 11.8 Å². The van der Waals surface area contributed by atoms with Crippen LogP contribution in [-0.4, -0.2) is 34.6 Å². The molecule has 0 bridgehead atoms. The van der Waals surface area contributed by atoms with Crippen molar-refractivity contribution in [1.82, 2.24) is 4.90 Å². The van der Waals surface area contributed by atoms with E-state index in [0.29, 0.717) is 5.76 Å². The molecule has 1 fully saturated rings. The van der Waals surface area contributed by atoms with Crippen LogP contribution in [0, 0.1) is 0 Å². The van der Waals surface area contributed by atoms with Crippen LogP contribution >= 0.6 is 11.8 Å². The number of thioether (sulfide) groups is 1. The Balaban J connectivity index is 1.89. The average molecular weight is 227 g/mol. The molecule has 0 aliphatic carbocycles. The summed E-state index contributed by atoms with van der Waals surface area (Å²) >= 11 is 2.03. The van der Waals surface area contributed by atoms with Gasteiger partial charge in [-0.2, -0.15) is 11.8 Å². The van der Waals surface area contributed by atoms with E-state index >= 15 is 0 Å². The molecule has 2 rings (SSSR count). The van der Waals surface area contributed by atoms with Crippen molar-refractivity contribution in [3.05, 3.63) is 23.7 Å². The third-order valence-corrected chi connectivity index (χ3v) is 3.62. The van der Waals surface area contributed by atoms with E-state index in [9.17, 15) is 0 Å². The van der Waals surface area contributed by atoms with Crippen molar-refractivity contribution in [1.29, 1.82) is 0 Å². The molecule has 0 radical (unpaired) electrons. The highest BCUT2D eigenvalue weighted by atomic mass is 32.2. The zero-order chi connectivity index (χ0) is 10.5. The molecule has 0 amide bonds. The van der Waals surface area contributed by atoms with Gasteiger partial charge in [0.15, 0.2) is 0 Å². The van der Waals surface area contributed by atoms with E-state index in [1.54, 1.807) is 0 Å². The second-order valence-electron chi connectivity index (χ2n) is 3.77. The van der Waals surface area contributed by atoms with Crippen LogP contribution in [-0.2, 0) is 13.2 Å². The number of rotatable bonds is 3. The van der Waals surface area contributed by atoms with Crippen LogP contribution in [0.15, 0.2) is 16.5 Å². The average Bonchev–Trinajstić information content (AvgIpc) is 2.54. The second kappa shape index (κ2) is 5.58. The van der Waals surface area contributed by atoms with Gasteiger partial charge in [0.1, 0.15) is 18.1 Å². The fourth-order valence-corrected chi connectivity index (χ4v) is 2.69. The Morgan fingerprint density at radius 3 is 2.93 bits per heavy atom. The van der Waals surface area contributed by atoms with Crippen LogP contribution in [0.5, 0.6) is 0 Å². The van der Waals surface area contributed by atoms with Crippen molar-refractivity contribution < 1.29 is 9.52 Å². The Bertz CT molecular complexity index is 293. The molecular weight excluding hydrogens is 210 g/mol. The second-order valence-corrected chi connectivity index (χ2v) is 4.99. The predicted octanol–water partition coefficient (Wildman–Crippen LogP) is 1.71. The lowest BCUT2D eigenvalue weighted by molar-refractivity contribution is 0.225. The van der Waals surface area contributed by atoms with Crippen LogP contribution in [0.4, 0.5) is 0 Å². The van der Waals surface area contributed by atoms with E-state index in [2.05, 4.69) is 4.90 Å². The maximum atomic E-state index is 8.89. The molecule has 1 saturated heterocycles. The van der Waals surface area contributed by atoms with Crippen molar-refractivity contribution in [3.63, 3.8) is 0 Å². The molecule has 0 saturated carbocycles. The topological polar surface area (TPSA) is 36.6 Å². The summed E-state index contributed by atoms with van der Waals surface area (Å²) in [5, 5.41) is 8.89. The lowest BCUT2D eigenvalue weighted by atomic mass is 10.3. The number of aliphatic hydroxyl groups is 1. The van der Waals surface area contributed by atoms with Gasteiger partial charge in [-0.25, -0.2) is 0 Å². The minimum Gasteiger partial charge on any atom is -0.462 e. The van der Waals surface area contributed by atoms with Gasteiger partial charge in [-0.15, -0.1) is 0 Å². The lowest BCUT2D eigenvalue weighted by Crippen LogP contribution is -2.25. The fraction of sp³-hybridized carbons (Fsp3) is 0.636. The van der Waals surface area contributed by atoms with E-state index in [1.165, 1.54) is 17.9 Å². The highest BCUT2D eigenvalue weighted by Gasteiger charge is 2.11. The third kappa shape index (κ3) is 3.26. The van der Waals surface area contributed by atoms with E-state index in [-0.39, 0.29) is 6.61 Å². The van der Waals surface area contributed by atoms with Gasteiger partial charge in [0, 0.05) is 12.3 Å². The number of hydrogen-bond acceptors (Lipinski definition) is 4. The quantitative estimate of drug-likeness (QED) is 0.853. The predicted molar refractivity (Wildman–Crippen MR) is 61.8 cm³/mol. The fourth-order valence-electron chi connectivity index (χ4n) is 1.77. The zero-order valence-corrected chi connectivity index (χ0v) is 9.63. The van der Waals surface area contributed by atoms with E-state index < -0.39 is 0 Å². The first-order valence-corrected chi connectivity index (χ1v) is 6.52. The smallest absolute Gasteiger partial charge is 0.129 e. The monoisotopic (exact) mass is 227 g/mol. The van der Waals surface area contributed by atoms with Gasteiger partial charge in [-0.05, 0) is 30.9 Å². The van der Waals surface area contributed by atoms with E-state index in [1.807, 2.05) is 23.9 Å². The van der Waals surface area contributed by atoms with Crippen LogP contribution in [0.3, 0.4) is 0 Å². The molecule has 1 N–H and O–H groups in total. The lowest BCUT2D eigenvalue weighted by Gasteiger charge is -2.17. The molecule has 1 aromatic rings. The molecule has 84 valence electrons. The molecule has 0 aromatic carbocycles. The van der Waals surface area contributed by atoms with Gasteiger partial charge in [-0.1, -0.05) is 0 Å². The molecule has 1 aliphatic rings. The summed E-state index contributed by atoms with van der Waals surface area (Å²) in [7, 11) is 0. The first-order valence-electron chi connectivity index (χ1n) is 5.37. The Kier molecular flexibility index (Phi) is 4.11. The largest absolute Gasteiger partial charge is 0.462 e. The number of furan rings is 1. The summed E-state index contributed by atoms with van der Waals surface area (Å²) in [5.41, 5.74) is 0. The van der Waals surface area contributed by atoms with Crippen LogP contribution in [0.25, 0.3) is 0 Å². The summed E-state index contributed by atoms with van der Waals surface area (Å²) in [6.07, 6.45) is 1.26. The van der Waals surface area contributed by atoms with Crippen LogP contribution in [0.1, 0.15) is 17.9 Å². The van der Waals surface area contributed by atoms with Gasteiger partial charge in [0.25, 0.3) is 0 Å². The normalized spacial score (nSPS) is 19.0. The first-order chi connectivity index (χ1) is 7.38. The molecule has 1 aliphatic heterocycles. The maximum Gasteiger partial charge on any atom is 0.129 e. The molecule has 0 unspecified atom stereocenters. The Hall–Kier alpha value is -0.450. The van der Waals surface area contributed by atoms with E-state index in [0.717, 1.165) is 25.4 Å². The summed E-state index contributed by atoms with van der Waals surface area (Å²) in [4.78, 5) is 2.42. The van der Waals surface area contributed by atoms with Crippen LogP contribution in [0.2, 0.25) is 0 Å². The Labute approximate surface area is 94.5 Å². The van der Waals surface area contributed by atoms with Gasteiger partial charge >= 0.3 is 0 Å². The molecular formula is C11H17NO2S. The maximum absolute atomic E-state index is 8.89. The number of nitrogens with zero attached hydrogens (tertiary/aromatic N) is 1. The molecule has 0 spiro atoms. The molecule has 1 aromatic heterocycles. The minimum absolute atomic E-state index is 0.00412. The van der Waals surface area contributed by atoms with Crippen molar-refractivity contribution in [3.8, 4) is 0 Å². The van der Waals surface area contributed by atoms with E-state index in [4.69, 9.17) is 9.52 Å². The third-order valence-electron chi connectivity index (χ3n) is 2.57. The SMILES string of the molecule is OCc1ccc(CN2CCCSCC2)o1. The molecule has 0 atom stereocenters. The summed E-state index contributed by atoms with van der Waals surface area (Å²) in [6.45, 7) is 3.17. The molecule has 3 nitrogen and oxygen atoms in total. The van der Waals surface area contributed by atoms with Crippen molar-refractivity contribution in [2.24, 2.45) is 0 Å². The number of aliphatic hydroxyl groups excluding tert-OH is 1. The van der Waals surface area contributed by atoms with Crippen molar-refractivity contribution in [2.45, 2.75) is 19.6 Å². The molecule has 2 heterocycles. The van der Waals surface area contributed by atoms with Gasteiger partial charge in [-0.3, -0.25) is 4.90 Å². The summed E-state index contributed by atoms with van der Waals surface area (Å²) in [5.74, 6) is 4.12. The Morgan fingerprint density at radius 2 is 2.13 bits per heavy atom. The molecule has 15 heavy (non-hydrogen) atoms. The van der Waals surface area contributed by atoms with Gasteiger partial charge in [0.05, 0.1) is 6.54 Å². The highest BCUT2D eigenvalue weighted by Crippen LogP contribution is 2.15. The Morgan fingerprint density at radius 1 is 1.27 bits per heavy atom. The zero-order valence-electron chi connectivity index (χ0n) is 8.82. The van der Waals surface area contributed by atoms with Gasteiger partial charge < -0.3 is 9.52 Å². The van der Waals surface area contributed by atoms with Crippen LogP contribution < -0.4 is 0 Å². The number of hydrogen-bond donors (Lipinski definition) is 1. The molecule has 4 heteroatoms. The standard InChI is InChI=1S/C11H17NO2S/c13-9-11-3-2-10(14-11)8-12-4-1-6-15-7-5-12/h2-3,13H,1,4-9H2. The first kappa shape index (κ1) is 11.0.